The highest BCUT2D eigenvalue weighted by molar-refractivity contribution is 8.00. The number of aromatic nitrogens is 1. The van der Waals surface area contributed by atoms with Crippen LogP contribution >= 0.6 is 34.7 Å². The van der Waals surface area contributed by atoms with Crippen molar-refractivity contribution in [1.29, 1.82) is 0 Å². The molecular weight excluding hydrogens is 660 g/mol. The van der Waals surface area contributed by atoms with Crippen LogP contribution in [-0.4, -0.2) is 28.0 Å². The molecule has 0 bridgehead atoms. The Bertz CT molecular complexity index is 2140. The number of benzene rings is 5. The highest BCUT2D eigenvalue weighted by atomic mass is 35.5. The molecule has 6 rings (SSSR count). The van der Waals surface area contributed by atoms with Gasteiger partial charge in [-0.25, -0.2) is 4.98 Å². The van der Waals surface area contributed by atoms with Gasteiger partial charge in [0.05, 0.1) is 10.9 Å². The minimum atomic E-state index is -0.488. The van der Waals surface area contributed by atoms with Gasteiger partial charge < -0.3 is 16.0 Å². The minimum absolute atomic E-state index is 0.0885. The number of nitrogens with zero attached hydrogens (tertiary/aromatic N) is 1. The number of halogens is 1. The van der Waals surface area contributed by atoms with Gasteiger partial charge >= 0.3 is 0 Å². The second-order valence-electron chi connectivity index (χ2n) is 10.7. The van der Waals surface area contributed by atoms with Gasteiger partial charge in [-0.2, -0.15) is 0 Å². The molecule has 3 amide bonds. The topological polar surface area (TPSA) is 100 Å². The molecule has 0 aliphatic heterocycles. The van der Waals surface area contributed by atoms with Crippen LogP contribution < -0.4 is 16.0 Å². The molecule has 1 aromatic heterocycles. The standard InChI is InChI=1S/C38H29ClN4O3S2/c1-24(35(44)43-38-42-34(23-47-38)31-19-7-8-20-32(31)39)48-29-17-10-16-28(22-29)40-37(46)33(41-36(45)26-12-3-2-4-13-26)21-27-15-9-14-25-11-5-6-18-30(25)27/h2-24H,1H3,(H,40,46)(H,41,45)(H,42,43,44)/b33-21+. The van der Waals surface area contributed by atoms with E-state index in [1.807, 2.05) is 78.2 Å². The summed E-state index contributed by atoms with van der Waals surface area (Å²) in [5.74, 6) is -1.10. The molecule has 0 spiro atoms. The van der Waals surface area contributed by atoms with Crippen LogP contribution in [0.15, 0.2) is 137 Å². The molecule has 1 heterocycles. The van der Waals surface area contributed by atoms with E-state index in [2.05, 4.69) is 20.9 Å². The summed E-state index contributed by atoms with van der Waals surface area (Å²) >= 11 is 8.98. The summed E-state index contributed by atoms with van der Waals surface area (Å²) < 4.78 is 0. The van der Waals surface area contributed by atoms with E-state index in [-0.39, 0.29) is 11.6 Å². The first-order valence-electron chi connectivity index (χ1n) is 15.0. The number of rotatable bonds is 10. The van der Waals surface area contributed by atoms with Crippen LogP contribution in [0.1, 0.15) is 22.8 Å². The molecule has 10 heteroatoms. The first-order valence-corrected chi connectivity index (χ1v) is 17.1. The number of carbonyl (C=O) groups is 3. The Labute approximate surface area is 291 Å². The van der Waals surface area contributed by atoms with Gasteiger partial charge in [0.15, 0.2) is 5.13 Å². The molecule has 7 nitrogen and oxygen atoms in total. The third-order valence-electron chi connectivity index (χ3n) is 7.31. The van der Waals surface area contributed by atoms with E-state index in [9.17, 15) is 14.4 Å². The number of hydrogen-bond acceptors (Lipinski definition) is 6. The monoisotopic (exact) mass is 688 g/mol. The van der Waals surface area contributed by atoms with Gasteiger partial charge in [-0.1, -0.05) is 96.5 Å². The van der Waals surface area contributed by atoms with E-state index in [1.54, 1.807) is 61.5 Å². The number of nitrogens with one attached hydrogen (secondary N) is 3. The predicted octanol–water partition coefficient (Wildman–Crippen LogP) is 9.15. The molecule has 0 radical (unpaired) electrons. The van der Waals surface area contributed by atoms with Crippen molar-refractivity contribution >= 4 is 80.1 Å². The zero-order valence-electron chi connectivity index (χ0n) is 25.6. The molecule has 0 fully saturated rings. The van der Waals surface area contributed by atoms with E-state index in [0.29, 0.717) is 27.1 Å². The highest BCUT2D eigenvalue weighted by Crippen LogP contribution is 2.32. The SMILES string of the molecule is CC(Sc1cccc(NC(=O)/C(=C\c2cccc3ccccc23)NC(=O)c2ccccc2)c1)C(=O)Nc1nc(-c2ccccc2Cl)cs1. The van der Waals surface area contributed by atoms with Crippen molar-refractivity contribution in [3.63, 3.8) is 0 Å². The number of thiazole rings is 1. The van der Waals surface area contributed by atoms with Crippen LogP contribution in [-0.2, 0) is 9.59 Å². The van der Waals surface area contributed by atoms with Crippen LogP contribution in [0.2, 0.25) is 5.02 Å². The van der Waals surface area contributed by atoms with Gasteiger partial charge in [0.25, 0.3) is 11.8 Å². The molecule has 0 aliphatic carbocycles. The average molecular weight is 689 g/mol. The smallest absolute Gasteiger partial charge is 0.272 e. The average Bonchev–Trinajstić information content (AvgIpc) is 3.56. The quantitative estimate of drug-likeness (QED) is 0.0985. The summed E-state index contributed by atoms with van der Waals surface area (Å²) in [5.41, 5.74) is 3.31. The molecule has 48 heavy (non-hydrogen) atoms. The zero-order valence-corrected chi connectivity index (χ0v) is 28.0. The number of anilines is 2. The Morgan fingerprint density at radius 3 is 2.40 bits per heavy atom. The first kappa shape index (κ1) is 32.7. The fraction of sp³-hybridized carbons (Fsp3) is 0.0526. The van der Waals surface area contributed by atoms with Gasteiger partial charge in [-0.05, 0) is 65.7 Å². The summed E-state index contributed by atoms with van der Waals surface area (Å²) in [7, 11) is 0. The second-order valence-corrected chi connectivity index (χ2v) is 13.4. The van der Waals surface area contributed by atoms with Gasteiger partial charge in [-0.3, -0.25) is 14.4 Å². The van der Waals surface area contributed by atoms with Crippen molar-refractivity contribution in [2.75, 3.05) is 10.6 Å². The minimum Gasteiger partial charge on any atom is -0.321 e. The molecule has 1 atom stereocenters. The van der Waals surface area contributed by atoms with E-state index in [0.717, 1.165) is 26.8 Å². The Morgan fingerprint density at radius 1 is 0.833 bits per heavy atom. The summed E-state index contributed by atoms with van der Waals surface area (Å²) in [6, 6.07) is 37.0. The molecule has 6 aromatic rings. The number of hydrogen-bond donors (Lipinski definition) is 3. The maximum atomic E-state index is 13.7. The molecule has 5 aromatic carbocycles. The summed E-state index contributed by atoms with van der Waals surface area (Å²) in [6.45, 7) is 1.80. The lowest BCUT2D eigenvalue weighted by molar-refractivity contribution is -0.115. The summed E-state index contributed by atoms with van der Waals surface area (Å²) in [4.78, 5) is 45.2. The molecule has 0 saturated carbocycles. The van der Waals surface area contributed by atoms with Crippen molar-refractivity contribution in [2.45, 2.75) is 17.1 Å². The molecule has 0 saturated heterocycles. The van der Waals surface area contributed by atoms with Gasteiger partial charge in [-0.15, -0.1) is 23.1 Å². The number of amides is 3. The summed E-state index contributed by atoms with van der Waals surface area (Å²) in [5, 5.41) is 13.0. The van der Waals surface area contributed by atoms with E-state index in [4.69, 9.17) is 11.6 Å². The normalized spacial score (nSPS) is 11.9. The van der Waals surface area contributed by atoms with Gasteiger partial charge in [0.1, 0.15) is 5.70 Å². The molecule has 1 unspecified atom stereocenters. The van der Waals surface area contributed by atoms with Crippen molar-refractivity contribution < 1.29 is 14.4 Å². The van der Waals surface area contributed by atoms with Crippen molar-refractivity contribution in [2.24, 2.45) is 0 Å². The molecular formula is C38H29ClN4O3S2. The summed E-state index contributed by atoms with van der Waals surface area (Å²) in [6.07, 6.45) is 1.68. The number of carbonyl (C=O) groups excluding carboxylic acids is 3. The third-order valence-corrected chi connectivity index (χ3v) is 9.49. The van der Waals surface area contributed by atoms with Crippen LogP contribution in [0.3, 0.4) is 0 Å². The van der Waals surface area contributed by atoms with Crippen molar-refractivity contribution in [3.8, 4) is 11.3 Å². The van der Waals surface area contributed by atoms with E-state index >= 15 is 0 Å². The first-order chi connectivity index (χ1) is 23.3. The van der Waals surface area contributed by atoms with Crippen LogP contribution in [0, 0.1) is 0 Å². The zero-order chi connectivity index (χ0) is 33.5. The Hall–Kier alpha value is -5.22. The predicted molar refractivity (Wildman–Crippen MR) is 197 cm³/mol. The molecule has 238 valence electrons. The van der Waals surface area contributed by atoms with Crippen LogP contribution in [0.25, 0.3) is 28.1 Å². The van der Waals surface area contributed by atoms with Gasteiger partial charge in [0, 0.05) is 32.1 Å². The molecule has 3 N–H and O–H groups in total. The number of thioether (sulfide) groups is 1. The fourth-order valence-electron chi connectivity index (χ4n) is 4.91. The lowest BCUT2D eigenvalue weighted by Gasteiger charge is -2.14. The van der Waals surface area contributed by atoms with E-state index < -0.39 is 17.1 Å². The Balaban J connectivity index is 1.16. The largest absolute Gasteiger partial charge is 0.321 e. The van der Waals surface area contributed by atoms with Crippen molar-refractivity contribution in [3.05, 3.63) is 149 Å². The second kappa shape index (κ2) is 15.1. The lowest BCUT2D eigenvalue weighted by atomic mass is 10.0. The number of fused-ring (bicyclic) bond motifs is 1. The maximum absolute atomic E-state index is 13.7. The Morgan fingerprint density at radius 2 is 1.56 bits per heavy atom. The highest BCUT2D eigenvalue weighted by Gasteiger charge is 2.19. The van der Waals surface area contributed by atoms with Gasteiger partial charge in [0.2, 0.25) is 5.91 Å². The van der Waals surface area contributed by atoms with Crippen LogP contribution in [0.5, 0.6) is 0 Å². The fourth-order valence-corrected chi connectivity index (χ4v) is 6.78. The van der Waals surface area contributed by atoms with Crippen LogP contribution in [0.4, 0.5) is 10.8 Å². The molecule has 0 aliphatic rings. The van der Waals surface area contributed by atoms with E-state index in [1.165, 1.54) is 23.1 Å². The van der Waals surface area contributed by atoms with Crippen molar-refractivity contribution in [1.82, 2.24) is 10.3 Å². The third kappa shape index (κ3) is 8.01. The lowest BCUT2D eigenvalue weighted by Crippen LogP contribution is -2.30. The Kier molecular flexibility index (Phi) is 10.3. The maximum Gasteiger partial charge on any atom is 0.272 e.